The third-order valence-electron chi connectivity index (χ3n) is 2.95. The van der Waals surface area contributed by atoms with Gasteiger partial charge in [0, 0.05) is 10.4 Å². The van der Waals surface area contributed by atoms with Gasteiger partial charge in [-0.15, -0.1) is 11.8 Å². The highest BCUT2D eigenvalue weighted by Gasteiger charge is 2.26. The van der Waals surface area contributed by atoms with E-state index in [0.29, 0.717) is 0 Å². The number of nitrogens with one attached hydrogen (secondary N) is 1. The van der Waals surface area contributed by atoms with Crippen LogP contribution < -0.4 is 5.32 Å². The molecule has 0 fully saturated rings. The van der Waals surface area contributed by atoms with Crippen molar-refractivity contribution in [3.63, 3.8) is 0 Å². The van der Waals surface area contributed by atoms with Gasteiger partial charge in [0.15, 0.2) is 0 Å². The van der Waals surface area contributed by atoms with Gasteiger partial charge in [0.25, 0.3) is 0 Å². The Kier molecular flexibility index (Phi) is 2.58. The maximum Gasteiger partial charge on any atom is 0.0380 e. The van der Waals surface area contributed by atoms with Crippen LogP contribution in [0.15, 0.2) is 23.1 Å². The molecule has 0 aromatic heterocycles. The Labute approximate surface area is 90.3 Å². The molecule has 1 aliphatic heterocycles. The average Bonchev–Trinajstić information content (AvgIpc) is 2.17. The van der Waals surface area contributed by atoms with Crippen molar-refractivity contribution >= 4 is 11.8 Å². The Morgan fingerprint density at radius 3 is 2.86 bits per heavy atom. The fourth-order valence-electron chi connectivity index (χ4n) is 2.09. The second-order valence-electron chi connectivity index (χ2n) is 4.32. The van der Waals surface area contributed by atoms with Crippen LogP contribution in [0, 0.1) is 0 Å². The van der Waals surface area contributed by atoms with Crippen molar-refractivity contribution in [3.05, 3.63) is 29.3 Å². The van der Waals surface area contributed by atoms with Crippen LogP contribution in [0.3, 0.4) is 0 Å². The third kappa shape index (κ3) is 1.69. The van der Waals surface area contributed by atoms with Gasteiger partial charge in [-0.2, -0.15) is 0 Å². The van der Waals surface area contributed by atoms with Crippen molar-refractivity contribution in [2.45, 2.75) is 30.7 Å². The molecule has 76 valence electrons. The van der Waals surface area contributed by atoms with E-state index in [9.17, 15) is 0 Å². The molecule has 0 amide bonds. The predicted octanol–water partition coefficient (Wildman–Crippen LogP) is 2.79. The fourth-order valence-corrected chi connectivity index (χ4v) is 2.53. The summed E-state index contributed by atoms with van der Waals surface area (Å²) in [7, 11) is 0. The monoisotopic (exact) mass is 207 g/mol. The highest BCUT2D eigenvalue weighted by atomic mass is 32.2. The van der Waals surface area contributed by atoms with Gasteiger partial charge in [0.1, 0.15) is 0 Å². The van der Waals surface area contributed by atoms with E-state index in [1.807, 2.05) is 11.8 Å². The van der Waals surface area contributed by atoms with Crippen LogP contribution in [0.2, 0.25) is 0 Å². The minimum atomic E-state index is 0.138. The first-order chi connectivity index (χ1) is 6.63. The molecule has 1 aromatic carbocycles. The molecular formula is C12H17NS. The van der Waals surface area contributed by atoms with Crippen LogP contribution >= 0.6 is 11.8 Å². The Hall–Kier alpha value is -0.470. The largest absolute Gasteiger partial charge is 0.307 e. The molecule has 0 unspecified atom stereocenters. The molecule has 1 heterocycles. The quantitative estimate of drug-likeness (QED) is 0.711. The van der Waals surface area contributed by atoms with Crippen molar-refractivity contribution in [1.29, 1.82) is 0 Å². The number of thioether (sulfide) groups is 1. The zero-order chi connectivity index (χ0) is 10.2. The topological polar surface area (TPSA) is 12.0 Å². The van der Waals surface area contributed by atoms with Crippen LogP contribution in [0.1, 0.15) is 25.0 Å². The first-order valence-corrected chi connectivity index (χ1v) is 6.28. The van der Waals surface area contributed by atoms with Gasteiger partial charge in [-0.1, -0.05) is 6.07 Å². The van der Waals surface area contributed by atoms with Gasteiger partial charge in [-0.3, -0.25) is 0 Å². The normalized spacial score (nSPS) is 19.1. The number of hydrogen-bond acceptors (Lipinski definition) is 2. The minimum absolute atomic E-state index is 0.138. The molecule has 2 rings (SSSR count). The molecule has 0 aliphatic carbocycles. The molecule has 0 saturated heterocycles. The summed E-state index contributed by atoms with van der Waals surface area (Å²) in [5, 5.41) is 3.56. The molecule has 1 aromatic rings. The van der Waals surface area contributed by atoms with Gasteiger partial charge in [-0.25, -0.2) is 0 Å². The van der Waals surface area contributed by atoms with Crippen LogP contribution in [0.4, 0.5) is 0 Å². The summed E-state index contributed by atoms with van der Waals surface area (Å²) in [6.45, 7) is 5.61. The van der Waals surface area contributed by atoms with E-state index >= 15 is 0 Å². The summed E-state index contributed by atoms with van der Waals surface area (Å²) in [4.78, 5) is 1.36. The van der Waals surface area contributed by atoms with E-state index in [-0.39, 0.29) is 5.54 Å². The van der Waals surface area contributed by atoms with Gasteiger partial charge in [-0.05, 0) is 56.3 Å². The average molecular weight is 207 g/mol. The lowest BCUT2D eigenvalue weighted by atomic mass is 9.85. The second-order valence-corrected chi connectivity index (χ2v) is 5.20. The van der Waals surface area contributed by atoms with E-state index in [2.05, 4.69) is 43.6 Å². The van der Waals surface area contributed by atoms with Crippen LogP contribution in [0.5, 0.6) is 0 Å². The molecule has 0 atom stereocenters. The highest BCUT2D eigenvalue weighted by molar-refractivity contribution is 7.98. The number of benzene rings is 1. The molecule has 1 nitrogen and oxygen atoms in total. The molecular weight excluding hydrogens is 190 g/mol. The standard InChI is InChI=1S/C12H17NS/c1-12(2)11-8-10(14-3)5-4-9(11)6-7-13-12/h4-5,8,13H,6-7H2,1-3H3. The summed E-state index contributed by atoms with van der Waals surface area (Å²) in [5.74, 6) is 0. The third-order valence-corrected chi connectivity index (χ3v) is 3.68. The van der Waals surface area contributed by atoms with Gasteiger partial charge in [0.05, 0.1) is 0 Å². The van der Waals surface area contributed by atoms with Crippen molar-refractivity contribution < 1.29 is 0 Å². The van der Waals surface area contributed by atoms with E-state index in [0.717, 1.165) is 13.0 Å². The predicted molar refractivity (Wildman–Crippen MR) is 63.0 cm³/mol. The van der Waals surface area contributed by atoms with E-state index in [1.165, 1.54) is 16.0 Å². The van der Waals surface area contributed by atoms with E-state index in [1.54, 1.807) is 0 Å². The van der Waals surface area contributed by atoms with Crippen molar-refractivity contribution in [1.82, 2.24) is 5.32 Å². The number of rotatable bonds is 1. The van der Waals surface area contributed by atoms with Gasteiger partial charge in [0.2, 0.25) is 0 Å². The van der Waals surface area contributed by atoms with Gasteiger partial charge >= 0.3 is 0 Å². The maximum atomic E-state index is 3.56. The Bertz CT molecular complexity index is 344. The highest BCUT2D eigenvalue weighted by Crippen LogP contribution is 2.30. The Balaban J connectivity index is 2.49. The fraction of sp³-hybridized carbons (Fsp3) is 0.500. The van der Waals surface area contributed by atoms with Crippen molar-refractivity contribution in [2.75, 3.05) is 12.8 Å². The summed E-state index contributed by atoms with van der Waals surface area (Å²) >= 11 is 1.81. The molecule has 0 bridgehead atoms. The summed E-state index contributed by atoms with van der Waals surface area (Å²) in [6.07, 6.45) is 3.29. The molecule has 1 aliphatic rings. The summed E-state index contributed by atoms with van der Waals surface area (Å²) < 4.78 is 0. The second kappa shape index (κ2) is 3.59. The Morgan fingerprint density at radius 2 is 2.14 bits per heavy atom. The van der Waals surface area contributed by atoms with Crippen molar-refractivity contribution in [3.8, 4) is 0 Å². The molecule has 14 heavy (non-hydrogen) atoms. The Morgan fingerprint density at radius 1 is 1.36 bits per heavy atom. The van der Waals surface area contributed by atoms with Gasteiger partial charge < -0.3 is 5.32 Å². The lowest BCUT2D eigenvalue weighted by Gasteiger charge is -2.34. The lowest BCUT2D eigenvalue weighted by molar-refractivity contribution is 0.381. The van der Waals surface area contributed by atoms with Crippen LogP contribution in [0.25, 0.3) is 0 Å². The smallest absolute Gasteiger partial charge is 0.0380 e. The summed E-state index contributed by atoms with van der Waals surface area (Å²) in [6, 6.07) is 6.83. The zero-order valence-electron chi connectivity index (χ0n) is 9.05. The van der Waals surface area contributed by atoms with Crippen LogP contribution in [-0.2, 0) is 12.0 Å². The van der Waals surface area contributed by atoms with Crippen LogP contribution in [-0.4, -0.2) is 12.8 Å². The minimum Gasteiger partial charge on any atom is -0.307 e. The molecule has 1 N–H and O–H groups in total. The number of hydrogen-bond donors (Lipinski definition) is 1. The molecule has 0 spiro atoms. The number of fused-ring (bicyclic) bond motifs is 1. The maximum absolute atomic E-state index is 3.56. The summed E-state index contributed by atoms with van der Waals surface area (Å²) in [5.41, 5.74) is 3.11. The zero-order valence-corrected chi connectivity index (χ0v) is 9.87. The first kappa shape index (κ1) is 10.1. The molecule has 2 heteroatoms. The molecule has 0 saturated carbocycles. The lowest BCUT2D eigenvalue weighted by Crippen LogP contribution is -2.42. The first-order valence-electron chi connectivity index (χ1n) is 5.06. The van der Waals surface area contributed by atoms with Crippen molar-refractivity contribution in [2.24, 2.45) is 0 Å². The van der Waals surface area contributed by atoms with E-state index < -0.39 is 0 Å². The molecule has 0 radical (unpaired) electrons. The SMILES string of the molecule is CSc1ccc2c(c1)C(C)(C)NCC2. The van der Waals surface area contributed by atoms with E-state index in [4.69, 9.17) is 0 Å².